The molecule has 0 bridgehead atoms. The highest BCUT2D eigenvalue weighted by molar-refractivity contribution is 5.78. The first-order valence-electron chi connectivity index (χ1n) is 8.87. The summed E-state index contributed by atoms with van der Waals surface area (Å²) in [6.45, 7) is 0.853. The van der Waals surface area contributed by atoms with Crippen LogP contribution in [0.15, 0.2) is 28.2 Å². The van der Waals surface area contributed by atoms with Gasteiger partial charge in [-0.05, 0) is 42.4 Å². The smallest absolute Gasteiger partial charge is 0.198 e. The molecule has 0 radical (unpaired) electrons. The minimum Gasteiger partial charge on any atom is -0.393 e. The van der Waals surface area contributed by atoms with Crippen LogP contribution >= 0.6 is 0 Å². The predicted molar refractivity (Wildman–Crippen MR) is 107 cm³/mol. The third kappa shape index (κ3) is 4.40. The van der Waals surface area contributed by atoms with Gasteiger partial charge in [0.05, 0.1) is 17.1 Å². The van der Waals surface area contributed by atoms with Crippen molar-refractivity contribution in [2.45, 2.75) is 24.9 Å². The van der Waals surface area contributed by atoms with Crippen molar-refractivity contribution < 1.29 is 5.11 Å². The summed E-state index contributed by atoms with van der Waals surface area (Å²) in [6.07, 6.45) is 0.767. The van der Waals surface area contributed by atoms with E-state index in [9.17, 15) is 5.11 Å². The van der Waals surface area contributed by atoms with Crippen LogP contribution < -0.4 is 28.7 Å². The first kappa shape index (κ1) is 18.8. The lowest BCUT2D eigenvalue weighted by atomic mass is 9.69. The molecule has 27 heavy (non-hydrogen) atoms. The topological polar surface area (TPSA) is 204 Å². The summed E-state index contributed by atoms with van der Waals surface area (Å²) < 4.78 is 0. The molecule has 3 rings (SSSR count). The molecule has 0 saturated heterocycles. The van der Waals surface area contributed by atoms with Crippen molar-refractivity contribution in [2.75, 3.05) is 18.8 Å². The van der Waals surface area contributed by atoms with Crippen LogP contribution in [0.25, 0.3) is 11.0 Å². The number of nitrogens with two attached hydrogens (primary N) is 5. The Kier molecular flexibility index (Phi) is 5.36. The van der Waals surface area contributed by atoms with Crippen LogP contribution in [-0.2, 0) is 0 Å². The van der Waals surface area contributed by atoms with Crippen LogP contribution in [0.3, 0.4) is 0 Å². The van der Waals surface area contributed by atoms with E-state index in [1.165, 1.54) is 0 Å². The van der Waals surface area contributed by atoms with Crippen molar-refractivity contribution in [3.05, 3.63) is 23.8 Å². The second-order valence-corrected chi connectivity index (χ2v) is 7.10. The number of nitrogens with zero attached hydrogens (tertiary/aromatic N) is 3. The summed E-state index contributed by atoms with van der Waals surface area (Å²) in [5.74, 6) is 0.638. The van der Waals surface area contributed by atoms with E-state index >= 15 is 0 Å². The number of aromatic nitrogens is 2. The van der Waals surface area contributed by atoms with E-state index in [-0.39, 0.29) is 29.7 Å². The molecule has 0 unspecified atom stereocenters. The zero-order chi connectivity index (χ0) is 19.6. The fraction of sp³-hybridized carbons (Fsp3) is 0.471. The summed E-state index contributed by atoms with van der Waals surface area (Å²) in [5, 5.41) is 10.6. The van der Waals surface area contributed by atoms with E-state index in [1.54, 1.807) is 0 Å². The van der Waals surface area contributed by atoms with Gasteiger partial charge in [-0.2, -0.15) is 0 Å². The molecular weight excluding hydrogens is 346 g/mol. The maximum Gasteiger partial charge on any atom is 0.198 e. The van der Waals surface area contributed by atoms with E-state index < -0.39 is 6.10 Å². The molecule has 1 fully saturated rings. The number of aromatic amines is 1. The van der Waals surface area contributed by atoms with Gasteiger partial charge in [0.15, 0.2) is 17.9 Å². The van der Waals surface area contributed by atoms with Crippen LogP contribution in [0.4, 0.5) is 5.95 Å². The van der Waals surface area contributed by atoms with Crippen LogP contribution in [0.2, 0.25) is 0 Å². The van der Waals surface area contributed by atoms with Crippen LogP contribution in [0, 0.1) is 11.8 Å². The molecule has 0 aliphatic heterocycles. The predicted octanol–water partition coefficient (Wildman–Crippen LogP) is -0.837. The molecular formula is C17H27N9O. The molecule has 4 atom stereocenters. The molecule has 1 aromatic carbocycles. The number of guanidine groups is 2. The number of nitrogen functional groups attached to an aromatic ring is 1. The SMILES string of the molecule is NC(N)=NC[C@@H]1C[C@H](CN=C(N)N)[C@@H](c2ccc3nc(N)[nH]c3c2)C[C@H]1O. The second kappa shape index (κ2) is 7.70. The quantitative estimate of drug-likeness (QED) is 0.261. The van der Waals surface area contributed by atoms with Crippen molar-refractivity contribution in [1.82, 2.24) is 9.97 Å². The zero-order valence-electron chi connectivity index (χ0n) is 15.0. The number of aliphatic imine (C=N–C) groups is 2. The van der Waals surface area contributed by atoms with Crippen molar-refractivity contribution >= 4 is 28.9 Å². The first-order valence-corrected chi connectivity index (χ1v) is 8.87. The van der Waals surface area contributed by atoms with Gasteiger partial charge in [-0.1, -0.05) is 6.07 Å². The lowest BCUT2D eigenvalue weighted by Gasteiger charge is -2.38. The number of H-pyrrole nitrogens is 1. The van der Waals surface area contributed by atoms with Gasteiger partial charge in [0.2, 0.25) is 0 Å². The Morgan fingerprint density at radius 1 is 1.07 bits per heavy atom. The molecule has 12 N–H and O–H groups in total. The summed E-state index contributed by atoms with van der Waals surface area (Å²) in [6, 6.07) is 5.96. The monoisotopic (exact) mass is 373 g/mol. The van der Waals surface area contributed by atoms with Crippen molar-refractivity contribution in [2.24, 2.45) is 44.8 Å². The van der Waals surface area contributed by atoms with Gasteiger partial charge >= 0.3 is 0 Å². The molecule has 1 saturated carbocycles. The van der Waals surface area contributed by atoms with Gasteiger partial charge in [-0.15, -0.1) is 0 Å². The Bertz CT molecular complexity index is 851. The third-order valence-electron chi connectivity index (χ3n) is 5.18. The standard InChI is InChI=1S/C17H27N9O/c18-15(19)23-6-9-3-10(7-24-16(20)21)14(27)5-11(9)8-1-2-12-13(4-8)26-17(22)25-12/h1-2,4,9-11,14,27H,3,5-7H2,(H4,18,19,23)(H4,20,21,24)(H3,22,25,26)/t9-,10+,11-,14-/m1/s1. The number of fused-ring (bicyclic) bond motifs is 1. The second-order valence-electron chi connectivity index (χ2n) is 7.10. The van der Waals surface area contributed by atoms with Gasteiger partial charge in [-0.3, -0.25) is 9.98 Å². The van der Waals surface area contributed by atoms with E-state index in [0.717, 1.165) is 16.6 Å². The van der Waals surface area contributed by atoms with Crippen LogP contribution in [0.1, 0.15) is 24.3 Å². The highest BCUT2D eigenvalue weighted by Gasteiger charge is 2.37. The summed E-state index contributed by atoms with van der Waals surface area (Å²) in [7, 11) is 0. The number of anilines is 1. The van der Waals surface area contributed by atoms with Gasteiger partial charge < -0.3 is 38.8 Å². The molecule has 0 amide bonds. The number of hydrogen-bond donors (Lipinski definition) is 7. The van der Waals surface area contributed by atoms with Gasteiger partial charge in [0, 0.05) is 19.0 Å². The van der Waals surface area contributed by atoms with Gasteiger partial charge in [0.1, 0.15) is 0 Å². The molecule has 10 heteroatoms. The molecule has 2 aromatic rings. The van der Waals surface area contributed by atoms with E-state index in [2.05, 4.69) is 20.0 Å². The number of benzene rings is 1. The Labute approximate surface area is 156 Å². The lowest BCUT2D eigenvalue weighted by Crippen LogP contribution is -2.38. The molecule has 1 aliphatic carbocycles. The fourth-order valence-electron chi connectivity index (χ4n) is 3.88. The number of aliphatic hydroxyl groups excluding tert-OH is 1. The number of nitrogens with one attached hydrogen (secondary N) is 1. The highest BCUT2D eigenvalue weighted by Crippen LogP contribution is 2.41. The first-order chi connectivity index (χ1) is 12.8. The maximum atomic E-state index is 10.6. The van der Waals surface area contributed by atoms with Crippen LogP contribution in [0.5, 0.6) is 0 Å². The Morgan fingerprint density at radius 3 is 2.41 bits per heavy atom. The number of rotatable bonds is 5. The normalized spacial score (nSPS) is 25.2. The van der Waals surface area contributed by atoms with E-state index in [0.29, 0.717) is 31.9 Å². The summed E-state index contributed by atoms with van der Waals surface area (Å²) >= 11 is 0. The molecule has 10 nitrogen and oxygen atoms in total. The number of aliphatic hydroxyl groups is 1. The molecule has 1 aromatic heterocycles. The molecule has 0 spiro atoms. The van der Waals surface area contributed by atoms with E-state index in [1.807, 2.05) is 18.2 Å². The van der Waals surface area contributed by atoms with E-state index in [4.69, 9.17) is 28.7 Å². The number of hydrogen-bond acceptors (Lipinski definition) is 5. The Balaban J connectivity index is 1.87. The molecule has 1 heterocycles. The van der Waals surface area contributed by atoms with Crippen molar-refractivity contribution in [1.29, 1.82) is 0 Å². The maximum absolute atomic E-state index is 10.6. The summed E-state index contributed by atoms with van der Waals surface area (Å²) in [5.41, 5.74) is 30.4. The fourth-order valence-corrected chi connectivity index (χ4v) is 3.88. The van der Waals surface area contributed by atoms with Gasteiger partial charge in [0.25, 0.3) is 0 Å². The van der Waals surface area contributed by atoms with Crippen molar-refractivity contribution in [3.8, 4) is 0 Å². The third-order valence-corrected chi connectivity index (χ3v) is 5.18. The molecule has 1 aliphatic rings. The largest absolute Gasteiger partial charge is 0.393 e. The average molecular weight is 373 g/mol. The highest BCUT2D eigenvalue weighted by atomic mass is 16.3. The summed E-state index contributed by atoms with van der Waals surface area (Å²) in [4.78, 5) is 15.6. The average Bonchev–Trinajstić information content (AvgIpc) is 2.98. The Morgan fingerprint density at radius 2 is 1.74 bits per heavy atom. The minimum absolute atomic E-state index is 0.0207. The van der Waals surface area contributed by atoms with Crippen molar-refractivity contribution in [3.63, 3.8) is 0 Å². The zero-order valence-corrected chi connectivity index (χ0v) is 15.0. The lowest BCUT2D eigenvalue weighted by molar-refractivity contribution is 0.0419. The van der Waals surface area contributed by atoms with Gasteiger partial charge in [-0.25, -0.2) is 4.98 Å². The van der Waals surface area contributed by atoms with Crippen LogP contribution in [-0.4, -0.2) is 46.2 Å². The minimum atomic E-state index is -0.518. The molecule has 146 valence electrons. The Hall–Kier alpha value is -3.01. The number of imidazole rings is 1.